The lowest BCUT2D eigenvalue weighted by molar-refractivity contribution is -0.0944. The molecule has 1 aliphatic carbocycles. The smallest absolute Gasteiger partial charge is 0.330 e. The minimum Gasteiger partial charge on any atom is -0.497 e. The number of nitrogens with zero attached hydrogens (tertiary/aromatic N) is 1. The molecule has 3 aromatic carbocycles. The number of aliphatic hydroxyl groups excluding tert-OH is 1. The summed E-state index contributed by atoms with van der Waals surface area (Å²) < 4.78 is 25.5. The third-order valence-corrected chi connectivity index (χ3v) is 9.56. The van der Waals surface area contributed by atoms with Crippen molar-refractivity contribution in [3.63, 3.8) is 0 Å². The second-order valence-corrected chi connectivity index (χ2v) is 12.3. The van der Waals surface area contributed by atoms with Crippen molar-refractivity contribution >= 4 is 5.57 Å². The number of nitrogens with one attached hydrogen (secondary N) is 1. The average Bonchev–Trinajstić information content (AvgIpc) is 3.49. The molecule has 0 spiro atoms. The van der Waals surface area contributed by atoms with E-state index in [0.29, 0.717) is 17.1 Å². The zero-order valence-corrected chi connectivity index (χ0v) is 26.9. The molecule has 9 nitrogen and oxygen atoms in total. The van der Waals surface area contributed by atoms with Crippen molar-refractivity contribution in [3.05, 3.63) is 135 Å². The molecule has 1 saturated carbocycles. The lowest BCUT2D eigenvalue weighted by Gasteiger charge is -2.37. The van der Waals surface area contributed by atoms with Gasteiger partial charge in [-0.2, -0.15) is 0 Å². The quantitative estimate of drug-likeness (QED) is 0.200. The number of aromatic nitrogens is 2. The maximum absolute atomic E-state index is 13.0. The van der Waals surface area contributed by atoms with E-state index in [1.165, 1.54) is 11.0 Å². The Kier molecular flexibility index (Phi) is 9.77. The molecule has 246 valence electrons. The fourth-order valence-corrected chi connectivity index (χ4v) is 6.92. The third kappa shape index (κ3) is 6.56. The number of ether oxygens (including phenoxy) is 4. The van der Waals surface area contributed by atoms with Gasteiger partial charge in [-0.3, -0.25) is 14.3 Å². The molecule has 0 unspecified atom stereocenters. The number of methoxy groups -OCH3 is 2. The SMILES string of the molecule is C=C(c1cn([C@H]2C[C@H](O)[C@@H](COC(c3ccccc3)(c3ccc(OC)cc3)c3ccc(OC)cc3)O2)c(=O)[nH]c1=O)C1CCCCC1. The highest BCUT2D eigenvalue weighted by Gasteiger charge is 2.42. The van der Waals surface area contributed by atoms with Crippen molar-refractivity contribution in [2.45, 2.75) is 62.6 Å². The summed E-state index contributed by atoms with van der Waals surface area (Å²) in [4.78, 5) is 28.3. The molecule has 2 heterocycles. The fourth-order valence-electron chi connectivity index (χ4n) is 6.92. The Bertz CT molecular complexity index is 1730. The lowest BCUT2D eigenvalue weighted by Crippen LogP contribution is -2.38. The van der Waals surface area contributed by atoms with Gasteiger partial charge in [0.2, 0.25) is 0 Å². The fraction of sp³-hybridized carbons (Fsp3) is 0.368. The van der Waals surface area contributed by atoms with E-state index in [-0.39, 0.29) is 18.9 Å². The zero-order valence-electron chi connectivity index (χ0n) is 26.9. The van der Waals surface area contributed by atoms with E-state index < -0.39 is 35.3 Å². The van der Waals surface area contributed by atoms with Crippen LogP contribution >= 0.6 is 0 Å². The molecule has 2 N–H and O–H groups in total. The minimum absolute atomic E-state index is 0.00433. The van der Waals surface area contributed by atoms with Crippen molar-refractivity contribution in [1.29, 1.82) is 0 Å². The molecule has 0 radical (unpaired) electrons. The summed E-state index contributed by atoms with van der Waals surface area (Å²) in [5, 5.41) is 11.3. The molecule has 1 aromatic heterocycles. The van der Waals surface area contributed by atoms with Crippen LogP contribution in [0, 0.1) is 5.92 Å². The topological polar surface area (TPSA) is 112 Å². The molecule has 2 fully saturated rings. The summed E-state index contributed by atoms with van der Waals surface area (Å²) in [6, 6.07) is 25.3. The molecule has 0 amide bonds. The van der Waals surface area contributed by atoms with Crippen LogP contribution in [-0.4, -0.2) is 47.7 Å². The maximum atomic E-state index is 13.0. The van der Waals surface area contributed by atoms with Gasteiger partial charge < -0.3 is 24.1 Å². The molecule has 4 aromatic rings. The highest BCUT2D eigenvalue weighted by molar-refractivity contribution is 5.64. The Labute approximate surface area is 274 Å². The van der Waals surface area contributed by atoms with Crippen molar-refractivity contribution < 1.29 is 24.1 Å². The van der Waals surface area contributed by atoms with Crippen LogP contribution in [0.2, 0.25) is 0 Å². The molecule has 47 heavy (non-hydrogen) atoms. The number of aromatic amines is 1. The van der Waals surface area contributed by atoms with E-state index in [1.807, 2.05) is 78.9 Å². The normalized spacial score (nSPS) is 20.2. The minimum atomic E-state index is -1.10. The predicted octanol–water partition coefficient (Wildman–Crippen LogP) is 5.80. The number of allylic oxidation sites excluding steroid dienone is 1. The van der Waals surface area contributed by atoms with Crippen LogP contribution < -0.4 is 20.7 Å². The molecule has 0 bridgehead atoms. The van der Waals surface area contributed by atoms with Crippen LogP contribution in [0.5, 0.6) is 11.5 Å². The first kappa shape index (κ1) is 32.5. The van der Waals surface area contributed by atoms with E-state index >= 15 is 0 Å². The number of rotatable bonds is 11. The first-order chi connectivity index (χ1) is 22.8. The van der Waals surface area contributed by atoms with Crippen molar-refractivity contribution in [2.24, 2.45) is 5.92 Å². The van der Waals surface area contributed by atoms with E-state index in [0.717, 1.165) is 47.9 Å². The Balaban J connectivity index is 1.32. The van der Waals surface area contributed by atoms with Crippen molar-refractivity contribution in [3.8, 4) is 11.5 Å². The van der Waals surface area contributed by atoms with Gasteiger partial charge >= 0.3 is 5.69 Å². The van der Waals surface area contributed by atoms with E-state index in [1.54, 1.807) is 20.4 Å². The van der Waals surface area contributed by atoms with Gasteiger partial charge in [0.25, 0.3) is 5.56 Å². The Morgan fingerprint density at radius 2 is 1.47 bits per heavy atom. The highest BCUT2D eigenvalue weighted by atomic mass is 16.6. The van der Waals surface area contributed by atoms with Gasteiger partial charge in [-0.05, 0) is 65.3 Å². The first-order valence-electron chi connectivity index (χ1n) is 16.2. The van der Waals surface area contributed by atoms with Crippen LogP contribution in [0.25, 0.3) is 5.57 Å². The summed E-state index contributed by atoms with van der Waals surface area (Å²) in [6.07, 6.45) is 4.53. The summed E-state index contributed by atoms with van der Waals surface area (Å²) in [5.74, 6) is 1.62. The summed E-state index contributed by atoms with van der Waals surface area (Å²) in [7, 11) is 3.24. The predicted molar refractivity (Wildman–Crippen MR) is 180 cm³/mol. The lowest BCUT2D eigenvalue weighted by atomic mass is 9.80. The molecular weight excluding hydrogens is 596 g/mol. The maximum Gasteiger partial charge on any atom is 0.330 e. The first-order valence-corrected chi connectivity index (χ1v) is 16.2. The standard InChI is InChI=1S/C38H42N2O7/c1-25(26-10-6-4-7-11-26)32-23-40(37(43)39-36(32)42)35-22-33(41)34(47-35)24-46-38(27-12-8-5-9-13-27,28-14-18-30(44-2)19-15-28)29-16-20-31(45-3)21-17-29/h5,8-9,12-21,23,26,33-35,41H,1,4,6-7,10-11,22,24H2,2-3H3,(H,39,42,43)/t33-,34+,35+/m0/s1. The summed E-state index contributed by atoms with van der Waals surface area (Å²) in [6.45, 7) is 4.24. The largest absolute Gasteiger partial charge is 0.497 e. The van der Waals surface area contributed by atoms with Crippen LogP contribution in [0.1, 0.15) is 67.0 Å². The number of benzene rings is 3. The molecule has 1 saturated heterocycles. The number of H-pyrrole nitrogens is 1. The number of hydrogen-bond acceptors (Lipinski definition) is 7. The summed E-state index contributed by atoms with van der Waals surface area (Å²) >= 11 is 0. The van der Waals surface area contributed by atoms with Gasteiger partial charge in [0.15, 0.2) is 0 Å². The van der Waals surface area contributed by atoms with Gasteiger partial charge in [0, 0.05) is 12.6 Å². The summed E-state index contributed by atoms with van der Waals surface area (Å²) in [5.41, 5.74) is 1.56. The Morgan fingerprint density at radius 3 is 2.04 bits per heavy atom. The molecule has 3 atom stereocenters. The third-order valence-electron chi connectivity index (χ3n) is 9.56. The van der Waals surface area contributed by atoms with E-state index in [9.17, 15) is 14.7 Å². The molecule has 2 aliphatic rings. The van der Waals surface area contributed by atoms with E-state index in [2.05, 4.69) is 11.6 Å². The molecular formula is C38H42N2O7. The Hall–Kier alpha value is -4.44. The molecule has 9 heteroatoms. The second-order valence-electron chi connectivity index (χ2n) is 12.3. The zero-order chi connectivity index (χ0) is 33.0. The van der Waals surface area contributed by atoms with Gasteiger partial charge in [-0.25, -0.2) is 4.79 Å². The van der Waals surface area contributed by atoms with E-state index in [4.69, 9.17) is 18.9 Å². The van der Waals surface area contributed by atoms with Gasteiger partial charge in [0.05, 0.1) is 32.5 Å². The average molecular weight is 639 g/mol. The van der Waals surface area contributed by atoms with Crippen LogP contribution in [0.3, 0.4) is 0 Å². The second kappa shape index (κ2) is 14.1. The van der Waals surface area contributed by atoms with Crippen molar-refractivity contribution in [2.75, 3.05) is 20.8 Å². The number of hydrogen-bond donors (Lipinski definition) is 2. The van der Waals surface area contributed by atoms with Crippen LogP contribution in [0.15, 0.2) is 101 Å². The van der Waals surface area contributed by atoms with Gasteiger partial charge in [-0.1, -0.05) is 80.4 Å². The molecule has 1 aliphatic heterocycles. The van der Waals surface area contributed by atoms with Gasteiger partial charge in [0.1, 0.15) is 29.4 Å². The Morgan fingerprint density at radius 1 is 0.894 bits per heavy atom. The van der Waals surface area contributed by atoms with Crippen molar-refractivity contribution in [1.82, 2.24) is 9.55 Å². The molecule has 6 rings (SSSR count). The number of aliphatic hydroxyl groups is 1. The van der Waals surface area contributed by atoms with Gasteiger partial charge in [-0.15, -0.1) is 0 Å². The van der Waals surface area contributed by atoms with Crippen LogP contribution in [-0.2, 0) is 15.1 Å². The highest BCUT2D eigenvalue weighted by Crippen LogP contribution is 2.43. The monoisotopic (exact) mass is 638 g/mol. The van der Waals surface area contributed by atoms with Crippen LogP contribution in [0.4, 0.5) is 0 Å².